The van der Waals surface area contributed by atoms with Crippen molar-refractivity contribution in [2.75, 3.05) is 0 Å². The summed E-state index contributed by atoms with van der Waals surface area (Å²) in [5.74, 6) is 0.200. The molecule has 0 atom stereocenters. The molecule has 4 N–H and O–H groups in total. The molecule has 0 aliphatic heterocycles. The van der Waals surface area contributed by atoms with Gasteiger partial charge in [-0.05, 0) is 48.9 Å². The van der Waals surface area contributed by atoms with Gasteiger partial charge in [-0.25, -0.2) is 0 Å². The highest BCUT2D eigenvalue weighted by Gasteiger charge is 2.19. The second kappa shape index (κ2) is 9.08. The number of pyridine rings is 2. The molecule has 3 aromatic heterocycles. The molecule has 35 heavy (non-hydrogen) atoms. The largest absolute Gasteiger partial charge is 0.456 e. The quantitative estimate of drug-likeness (QED) is 0.285. The van der Waals surface area contributed by atoms with Crippen LogP contribution in [-0.4, -0.2) is 26.6 Å². The first-order valence-corrected chi connectivity index (χ1v) is 11.1. The third kappa shape index (κ3) is 4.39. The molecular weight excluding hydrogens is 468 g/mol. The summed E-state index contributed by atoms with van der Waals surface area (Å²) in [4.78, 5) is 48.2. The van der Waals surface area contributed by atoms with Crippen molar-refractivity contribution in [1.82, 2.24) is 15.0 Å². The van der Waals surface area contributed by atoms with Crippen LogP contribution in [0.15, 0.2) is 71.9 Å². The Balaban J connectivity index is 1.40. The zero-order valence-electron chi connectivity index (χ0n) is 18.3. The molecule has 0 bridgehead atoms. The highest BCUT2D eigenvalue weighted by atomic mass is 35.5. The summed E-state index contributed by atoms with van der Waals surface area (Å²) in [5, 5.41) is 1.38. The molecule has 0 fully saturated rings. The zero-order chi connectivity index (χ0) is 24.5. The highest BCUT2D eigenvalue weighted by Crippen LogP contribution is 2.28. The molecule has 0 aliphatic rings. The average Bonchev–Trinajstić information content (AvgIpc) is 3.27. The Hall–Kier alpha value is -4.43. The summed E-state index contributed by atoms with van der Waals surface area (Å²) in [6, 6.07) is 13.7. The number of aryl methyl sites for hydroxylation is 1. The van der Waals surface area contributed by atoms with Crippen molar-refractivity contribution in [3.63, 3.8) is 0 Å². The van der Waals surface area contributed by atoms with Gasteiger partial charge in [0.2, 0.25) is 5.43 Å². The van der Waals surface area contributed by atoms with Crippen LogP contribution in [0.25, 0.3) is 21.8 Å². The number of H-pyrrole nitrogens is 2. The number of rotatable bonds is 7. The van der Waals surface area contributed by atoms with Crippen molar-refractivity contribution in [1.29, 1.82) is 0 Å². The molecule has 174 valence electrons. The van der Waals surface area contributed by atoms with Gasteiger partial charge in [-0.3, -0.25) is 19.4 Å². The van der Waals surface area contributed by atoms with E-state index >= 15 is 0 Å². The van der Waals surface area contributed by atoms with E-state index in [1.807, 2.05) is 0 Å². The molecule has 8 nitrogen and oxygen atoms in total. The molecule has 0 aliphatic carbocycles. The predicted octanol–water partition coefficient (Wildman–Crippen LogP) is 4.76. The van der Waals surface area contributed by atoms with Gasteiger partial charge in [0.25, 0.3) is 5.91 Å². The maximum Gasteiger partial charge on any atom is 0.254 e. The van der Waals surface area contributed by atoms with E-state index in [2.05, 4.69) is 15.0 Å². The van der Waals surface area contributed by atoms with Crippen molar-refractivity contribution in [3.05, 3.63) is 99.2 Å². The van der Waals surface area contributed by atoms with Gasteiger partial charge >= 0.3 is 0 Å². The summed E-state index contributed by atoms with van der Waals surface area (Å²) < 4.78 is 5.80. The SMILES string of the molecule is NC(=O)c1c(CCC(=O)c2c[nH]c3cc(Oc4cccnc4)ccc23)[nH]c2ccc(Cl)cc2c1=O. The van der Waals surface area contributed by atoms with Crippen LogP contribution in [0.5, 0.6) is 11.5 Å². The predicted molar refractivity (Wildman–Crippen MR) is 133 cm³/mol. The molecule has 3 heterocycles. The van der Waals surface area contributed by atoms with Gasteiger partial charge in [0, 0.05) is 63.0 Å². The van der Waals surface area contributed by atoms with E-state index in [0.29, 0.717) is 33.3 Å². The number of hydrogen-bond acceptors (Lipinski definition) is 5. The molecule has 0 unspecified atom stereocenters. The number of aromatic amines is 2. The number of halogens is 1. The number of benzene rings is 2. The third-order valence-electron chi connectivity index (χ3n) is 5.71. The Kier molecular flexibility index (Phi) is 5.80. The molecule has 9 heteroatoms. The number of carbonyl (C=O) groups excluding carboxylic acids is 2. The van der Waals surface area contributed by atoms with E-state index in [1.54, 1.807) is 61.1 Å². The number of fused-ring (bicyclic) bond motifs is 2. The minimum Gasteiger partial charge on any atom is -0.456 e. The van der Waals surface area contributed by atoms with Crippen LogP contribution in [0, 0.1) is 0 Å². The van der Waals surface area contributed by atoms with Crippen molar-refractivity contribution < 1.29 is 14.3 Å². The Morgan fingerprint density at radius 3 is 2.66 bits per heavy atom. The summed E-state index contributed by atoms with van der Waals surface area (Å²) >= 11 is 5.99. The monoisotopic (exact) mass is 486 g/mol. The number of primary amides is 1. The minimum absolute atomic E-state index is 0.0657. The fraction of sp³-hybridized carbons (Fsp3) is 0.0769. The lowest BCUT2D eigenvalue weighted by Crippen LogP contribution is -2.25. The van der Waals surface area contributed by atoms with Crippen molar-refractivity contribution in [2.24, 2.45) is 5.73 Å². The molecule has 0 spiro atoms. The maximum atomic E-state index is 13.1. The van der Waals surface area contributed by atoms with Crippen LogP contribution in [0.3, 0.4) is 0 Å². The number of amides is 1. The first kappa shape index (κ1) is 22.4. The standard InChI is InChI=1S/C26H19ClN4O4/c27-14-3-6-20-18(10-14)25(33)24(26(28)34)21(31-20)7-8-23(32)19-13-30-22-11-15(4-5-17(19)22)35-16-2-1-9-29-12-16/h1-6,9-13,30H,7-8H2,(H2,28,34)(H,31,33). The minimum atomic E-state index is -0.858. The highest BCUT2D eigenvalue weighted by molar-refractivity contribution is 6.31. The van der Waals surface area contributed by atoms with Crippen molar-refractivity contribution >= 4 is 45.1 Å². The van der Waals surface area contributed by atoms with Gasteiger partial charge in [0.1, 0.15) is 17.1 Å². The summed E-state index contributed by atoms with van der Waals surface area (Å²) in [6.07, 6.45) is 5.12. The number of carbonyl (C=O) groups is 2. The van der Waals surface area contributed by atoms with Gasteiger partial charge in [-0.1, -0.05) is 11.6 Å². The van der Waals surface area contributed by atoms with Crippen LogP contribution < -0.4 is 15.9 Å². The van der Waals surface area contributed by atoms with Crippen LogP contribution >= 0.6 is 11.6 Å². The number of ketones is 1. The Bertz CT molecular complexity index is 1660. The van der Waals surface area contributed by atoms with E-state index in [0.717, 1.165) is 10.9 Å². The summed E-state index contributed by atoms with van der Waals surface area (Å²) in [5.41, 5.74) is 6.89. The van der Waals surface area contributed by atoms with Gasteiger partial charge in [-0.15, -0.1) is 0 Å². The summed E-state index contributed by atoms with van der Waals surface area (Å²) in [6.45, 7) is 0. The van der Waals surface area contributed by atoms with Crippen LogP contribution in [0.4, 0.5) is 0 Å². The molecule has 1 amide bonds. The van der Waals surface area contributed by atoms with E-state index in [-0.39, 0.29) is 29.6 Å². The zero-order valence-corrected chi connectivity index (χ0v) is 19.1. The summed E-state index contributed by atoms with van der Waals surface area (Å²) in [7, 11) is 0. The lowest BCUT2D eigenvalue weighted by Gasteiger charge is -2.09. The molecule has 2 aromatic carbocycles. The Morgan fingerprint density at radius 2 is 1.89 bits per heavy atom. The fourth-order valence-electron chi connectivity index (χ4n) is 4.07. The average molecular weight is 487 g/mol. The Labute approximate surface area is 203 Å². The molecule has 0 radical (unpaired) electrons. The molecule has 5 rings (SSSR count). The molecule has 0 saturated carbocycles. The smallest absolute Gasteiger partial charge is 0.254 e. The van der Waals surface area contributed by atoms with Crippen LogP contribution in [0.1, 0.15) is 32.8 Å². The van der Waals surface area contributed by atoms with E-state index < -0.39 is 11.3 Å². The lowest BCUT2D eigenvalue weighted by molar-refractivity contribution is 0.0974. The van der Waals surface area contributed by atoms with Gasteiger partial charge in [0.05, 0.1) is 6.20 Å². The first-order chi connectivity index (χ1) is 16.9. The number of hydrogen-bond donors (Lipinski definition) is 3. The number of nitrogens with two attached hydrogens (primary N) is 1. The number of nitrogens with one attached hydrogen (secondary N) is 2. The van der Waals surface area contributed by atoms with Crippen LogP contribution in [0.2, 0.25) is 5.02 Å². The van der Waals surface area contributed by atoms with Crippen molar-refractivity contribution in [2.45, 2.75) is 12.8 Å². The van der Waals surface area contributed by atoms with E-state index in [9.17, 15) is 14.4 Å². The molecular formula is C26H19ClN4O4. The van der Waals surface area contributed by atoms with Gasteiger partial charge < -0.3 is 20.4 Å². The number of aromatic nitrogens is 3. The molecule has 5 aromatic rings. The van der Waals surface area contributed by atoms with E-state index in [1.165, 1.54) is 6.07 Å². The maximum absolute atomic E-state index is 13.1. The lowest BCUT2D eigenvalue weighted by atomic mass is 10.0. The van der Waals surface area contributed by atoms with Gasteiger partial charge in [0.15, 0.2) is 5.78 Å². The van der Waals surface area contributed by atoms with Crippen molar-refractivity contribution in [3.8, 4) is 11.5 Å². The van der Waals surface area contributed by atoms with Gasteiger partial charge in [-0.2, -0.15) is 0 Å². The van der Waals surface area contributed by atoms with Crippen LogP contribution in [-0.2, 0) is 6.42 Å². The number of Topliss-reactive ketones (excluding diaryl/α,β-unsaturated/α-hetero) is 1. The molecule has 0 saturated heterocycles. The van der Waals surface area contributed by atoms with E-state index in [4.69, 9.17) is 22.1 Å². The second-order valence-corrected chi connectivity index (χ2v) is 8.42. The Morgan fingerprint density at radius 1 is 1.03 bits per heavy atom. The topological polar surface area (TPSA) is 131 Å². The number of nitrogens with zero attached hydrogens (tertiary/aromatic N) is 1. The number of ether oxygens (including phenoxy) is 1. The third-order valence-corrected chi connectivity index (χ3v) is 5.95. The first-order valence-electron chi connectivity index (χ1n) is 10.8. The second-order valence-electron chi connectivity index (χ2n) is 7.99. The normalized spacial score (nSPS) is 11.1. The fourth-order valence-corrected chi connectivity index (χ4v) is 4.25.